The van der Waals surface area contributed by atoms with Crippen LogP contribution in [0.3, 0.4) is 0 Å². The second kappa shape index (κ2) is 5.63. The predicted molar refractivity (Wildman–Crippen MR) is 53.0 cm³/mol. The third-order valence-corrected chi connectivity index (χ3v) is 1.63. The summed E-state index contributed by atoms with van der Waals surface area (Å²) in [5.41, 5.74) is -1.39. The van der Waals surface area contributed by atoms with Gasteiger partial charge in [0.05, 0.1) is 11.1 Å². The zero-order chi connectivity index (χ0) is 12.9. The van der Waals surface area contributed by atoms with Crippen molar-refractivity contribution in [1.82, 2.24) is 0 Å². The fourth-order valence-corrected chi connectivity index (χ4v) is 1.06. The van der Waals surface area contributed by atoms with Crippen LogP contribution < -0.4 is 0 Å². The summed E-state index contributed by atoms with van der Waals surface area (Å²) in [7, 11) is 0. The fourth-order valence-electron chi connectivity index (χ4n) is 1.06. The Morgan fingerprint density at radius 2 is 1.62 bits per heavy atom. The Balaban J connectivity index is 0.00000106. The highest BCUT2D eigenvalue weighted by molar-refractivity contribution is 5.88. The maximum atomic E-state index is 12.2. The number of benzene rings is 1. The average molecular weight is 236 g/mol. The normalized spacial score (nSPS) is 10.4. The third kappa shape index (κ3) is 4.00. The summed E-state index contributed by atoms with van der Waals surface area (Å²) in [4.78, 5) is 10.2. The van der Waals surface area contributed by atoms with Crippen molar-refractivity contribution in [3.8, 4) is 0 Å². The molecule has 16 heavy (non-hydrogen) atoms. The van der Waals surface area contributed by atoms with Crippen molar-refractivity contribution in [2.24, 2.45) is 0 Å². The van der Waals surface area contributed by atoms with Crippen LogP contribution in [-0.4, -0.2) is 6.04 Å². The van der Waals surface area contributed by atoms with Crippen LogP contribution >= 0.6 is 0 Å². The van der Waals surface area contributed by atoms with E-state index in [1.165, 1.54) is 6.92 Å². The van der Waals surface area contributed by atoms with E-state index < -0.39 is 23.3 Å². The first kappa shape index (κ1) is 14.6. The van der Waals surface area contributed by atoms with Crippen molar-refractivity contribution in [3.63, 3.8) is 0 Å². The van der Waals surface area contributed by atoms with Crippen LogP contribution in [0, 0.1) is 6.92 Å². The third-order valence-electron chi connectivity index (χ3n) is 1.63. The number of carbonyl (C=O) groups excluding carboxylic acids is 1. The molecule has 0 aliphatic carbocycles. The molecule has 1 nitrogen and oxygen atoms in total. The lowest BCUT2D eigenvalue weighted by molar-refractivity contribution is -0.137. The summed E-state index contributed by atoms with van der Waals surface area (Å²) in [6.45, 7) is 5.36. The van der Waals surface area contributed by atoms with Gasteiger partial charge in [0, 0.05) is 0 Å². The molecule has 5 heteroatoms. The molecule has 1 rings (SSSR count). The van der Waals surface area contributed by atoms with Crippen LogP contribution in [-0.2, 0) is 6.18 Å². The molecule has 0 unspecified atom stereocenters. The van der Waals surface area contributed by atoms with E-state index in [2.05, 4.69) is 0 Å². The Morgan fingerprint density at radius 1 is 1.12 bits per heavy atom. The lowest BCUT2D eigenvalue weighted by Gasteiger charge is -2.08. The Kier molecular flexibility index (Phi) is 5.14. The minimum absolute atomic E-state index is 0.195. The monoisotopic (exact) mass is 236 g/mol. The van der Waals surface area contributed by atoms with E-state index in [9.17, 15) is 22.4 Å². The first-order valence-corrected chi connectivity index (χ1v) is 4.69. The first-order chi connectivity index (χ1) is 7.30. The van der Waals surface area contributed by atoms with Crippen LogP contribution in [0.5, 0.6) is 0 Å². The molecule has 0 saturated carbocycles. The lowest BCUT2D eigenvalue weighted by atomic mass is 10.1. The smallest absolute Gasteiger partial charge is 0.255 e. The second-order valence-electron chi connectivity index (χ2n) is 2.86. The van der Waals surface area contributed by atoms with Gasteiger partial charge in [-0.05, 0) is 30.7 Å². The Bertz CT molecular complexity index is 369. The quantitative estimate of drug-likeness (QED) is 0.528. The number of carbonyl (C=O) groups is 1. The van der Waals surface area contributed by atoms with Crippen molar-refractivity contribution in [2.75, 3.05) is 0 Å². The molecule has 0 atom stereocenters. The zero-order valence-electron chi connectivity index (χ0n) is 9.15. The minimum atomic E-state index is -4.56. The molecule has 0 fully saturated rings. The Morgan fingerprint density at radius 3 is 2.00 bits per heavy atom. The van der Waals surface area contributed by atoms with E-state index in [1.54, 1.807) is 0 Å². The van der Waals surface area contributed by atoms with E-state index in [4.69, 9.17) is 0 Å². The van der Waals surface area contributed by atoms with Gasteiger partial charge in [0.15, 0.2) is 0 Å². The highest BCUT2D eigenvalue weighted by Gasteiger charge is 2.31. The maximum Gasteiger partial charge on any atom is 0.416 e. The van der Waals surface area contributed by atoms with E-state index in [0.717, 1.165) is 12.1 Å². The molecule has 0 bridgehead atoms. The molecular formula is C11H12F4O. The maximum absolute atomic E-state index is 12.2. The highest BCUT2D eigenvalue weighted by Crippen LogP contribution is 2.30. The molecule has 0 heterocycles. The topological polar surface area (TPSA) is 17.1 Å². The summed E-state index contributed by atoms with van der Waals surface area (Å²) in [5, 5.41) is 0. The van der Waals surface area contributed by atoms with E-state index in [1.807, 2.05) is 13.8 Å². The molecule has 0 saturated heterocycles. The number of alkyl halides is 3. The minimum Gasteiger partial charge on any atom is -0.255 e. The lowest BCUT2D eigenvalue weighted by Crippen LogP contribution is -2.07. The van der Waals surface area contributed by atoms with Gasteiger partial charge in [0.2, 0.25) is 0 Å². The van der Waals surface area contributed by atoms with Crippen molar-refractivity contribution in [2.45, 2.75) is 26.9 Å². The van der Waals surface area contributed by atoms with Crippen molar-refractivity contribution in [3.05, 3.63) is 34.9 Å². The molecule has 1 aromatic rings. The van der Waals surface area contributed by atoms with Gasteiger partial charge in [-0.3, -0.25) is 4.79 Å². The average Bonchev–Trinajstić information content (AvgIpc) is 2.18. The summed E-state index contributed by atoms with van der Waals surface area (Å²) >= 11 is 0. The van der Waals surface area contributed by atoms with E-state index >= 15 is 0 Å². The second-order valence-corrected chi connectivity index (χ2v) is 2.86. The van der Waals surface area contributed by atoms with E-state index in [-0.39, 0.29) is 5.56 Å². The van der Waals surface area contributed by atoms with Crippen LogP contribution in [0.2, 0.25) is 0 Å². The standard InChI is InChI=1S/C9H6F4O.C2H6/c1-5-2-6(8(10)14)4-7(3-5)9(11,12)13;1-2/h2-4H,1H3;1-2H3. The number of hydrogen-bond acceptors (Lipinski definition) is 1. The Labute approximate surface area is 91.1 Å². The van der Waals surface area contributed by atoms with Gasteiger partial charge < -0.3 is 0 Å². The molecule has 0 N–H and O–H groups in total. The molecule has 0 aliphatic heterocycles. The number of rotatable bonds is 1. The zero-order valence-corrected chi connectivity index (χ0v) is 9.15. The molecule has 1 aromatic carbocycles. The van der Waals surface area contributed by atoms with Gasteiger partial charge in [0.1, 0.15) is 0 Å². The van der Waals surface area contributed by atoms with Gasteiger partial charge in [-0.15, -0.1) is 0 Å². The summed E-state index contributed by atoms with van der Waals surface area (Å²) in [5.74, 6) is 0. The van der Waals surface area contributed by atoms with Crippen molar-refractivity contribution < 1.29 is 22.4 Å². The van der Waals surface area contributed by atoms with Crippen LogP contribution in [0.25, 0.3) is 0 Å². The molecule has 0 amide bonds. The molecule has 0 aliphatic rings. The van der Waals surface area contributed by atoms with Crippen LogP contribution in [0.4, 0.5) is 17.6 Å². The van der Waals surface area contributed by atoms with Crippen molar-refractivity contribution in [1.29, 1.82) is 0 Å². The van der Waals surface area contributed by atoms with Gasteiger partial charge >= 0.3 is 12.2 Å². The largest absolute Gasteiger partial charge is 0.416 e. The van der Waals surface area contributed by atoms with E-state index in [0.29, 0.717) is 6.07 Å². The predicted octanol–water partition coefficient (Wildman–Crippen LogP) is 4.15. The van der Waals surface area contributed by atoms with Gasteiger partial charge in [-0.1, -0.05) is 13.8 Å². The Hall–Kier alpha value is -1.39. The number of aryl methyl sites for hydroxylation is 1. The van der Waals surface area contributed by atoms with Gasteiger partial charge in [0.25, 0.3) is 0 Å². The summed E-state index contributed by atoms with van der Waals surface area (Å²) in [6, 6.07) is 0.554. The molecule has 0 spiro atoms. The fraction of sp³-hybridized carbons (Fsp3) is 0.364. The SMILES string of the molecule is CC.Cc1cc(C(=O)F)cc(C(F)(F)F)c1. The van der Waals surface area contributed by atoms with Crippen LogP contribution in [0.15, 0.2) is 18.2 Å². The molecule has 0 aromatic heterocycles. The highest BCUT2D eigenvalue weighted by atomic mass is 19.4. The molecule has 0 radical (unpaired) electrons. The van der Waals surface area contributed by atoms with Gasteiger partial charge in [-0.25, -0.2) is 0 Å². The first-order valence-electron chi connectivity index (χ1n) is 4.69. The van der Waals surface area contributed by atoms with Crippen molar-refractivity contribution >= 4 is 6.04 Å². The summed E-state index contributed by atoms with van der Waals surface area (Å²) < 4.78 is 48.7. The number of halogens is 4. The number of hydrogen-bond donors (Lipinski definition) is 0. The molecular weight excluding hydrogens is 224 g/mol. The van der Waals surface area contributed by atoms with Gasteiger partial charge in [-0.2, -0.15) is 17.6 Å². The van der Waals surface area contributed by atoms with Crippen LogP contribution in [0.1, 0.15) is 35.3 Å². The summed E-state index contributed by atoms with van der Waals surface area (Å²) in [6.07, 6.45) is -4.56. The molecule has 90 valence electrons.